The predicted molar refractivity (Wildman–Crippen MR) is 84.3 cm³/mol. The first-order valence-corrected chi connectivity index (χ1v) is 6.61. The molecule has 0 aromatic heterocycles. The second-order valence-corrected chi connectivity index (χ2v) is 4.83. The maximum absolute atomic E-state index is 10.2. The zero-order chi connectivity index (χ0) is 15.0. The zero-order valence-electron chi connectivity index (χ0n) is 10.7. The Hall–Kier alpha value is -1.77. The lowest BCUT2D eigenvalue weighted by Gasteiger charge is -1.95. The first-order valence-electron chi connectivity index (χ1n) is 5.85. The van der Waals surface area contributed by atoms with E-state index in [1.54, 1.807) is 30.3 Å². The lowest BCUT2D eigenvalue weighted by molar-refractivity contribution is -0.136. The number of rotatable bonds is 3. The summed E-state index contributed by atoms with van der Waals surface area (Å²) in [5, 5.41) is 9.79. The number of hydrogen-bond donors (Lipinski definition) is 1. The normalized spacial score (nSPS) is 9.30. The van der Waals surface area contributed by atoms with Crippen LogP contribution in [0.5, 0.6) is 0 Å². The van der Waals surface area contributed by atoms with Crippen LogP contribution in [0, 0.1) is 0 Å². The summed E-state index contributed by atoms with van der Waals surface area (Å²) in [6.45, 7) is 3.62. The minimum Gasteiger partial charge on any atom is -0.481 e. The second kappa shape index (κ2) is 8.41. The summed E-state index contributed by atoms with van der Waals surface area (Å²) in [6, 6.07) is 14.3. The molecule has 2 nitrogen and oxygen atoms in total. The molecule has 0 saturated heterocycles. The van der Waals surface area contributed by atoms with Gasteiger partial charge in [0.05, 0.1) is 6.42 Å². The summed E-state index contributed by atoms with van der Waals surface area (Å²) in [6.07, 6.45) is 1.84. The van der Waals surface area contributed by atoms with Gasteiger partial charge in [0.1, 0.15) is 0 Å². The van der Waals surface area contributed by atoms with E-state index in [1.807, 2.05) is 24.3 Å². The van der Waals surface area contributed by atoms with Crippen LogP contribution in [0.25, 0.3) is 6.08 Å². The van der Waals surface area contributed by atoms with Gasteiger partial charge >= 0.3 is 5.97 Å². The largest absolute Gasteiger partial charge is 0.481 e. The minimum atomic E-state index is -0.827. The van der Waals surface area contributed by atoms with Crippen molar-refractivity contribution in [3.63, 3.8) is 0 Å². The van der Waals surface area contributed by atoms with E-state index in [-0.39, 0.29) is 6.42 Å². The van der Waals surface area contributed by atoms with Gasteiger partial charge in [-0.1, -0.05) is 60.1 Å². The molecule has 0 heterocycles. The molecule has 0 aliphatic heterocycles. The molecule has 0 fully saturated rings. The van der Waals surface area contributed by atoms with Crippen molar-refractivity contribution in [1.29, 1.82) is 0 Å². The van der Waals surface area contributed by atoms with Gasteiger partial charge in [0.2, 0.25) is 0 Å². The highest BCUT2D eigenvalue weighted by Gasteiger charge is 1.98. The highest BCUT2D eigenvalue weighted by molar-refractivity contribution is 6.30. The lowest BCUT2D eigenvalue weighted by atomic mass is 10.2. The highest BCUT2D eigenvalue weighted by atomic mass is 35.5. The molecule has 1 N–H and O–H groups in total. The number of carbonyl (C=O) groups is 1. The lowest BCUT2D eigenvalue weighted by Crippen LogP contribution is -1.99. The fourth-order valence-corrected chi connectivity index (χ4v) is 1.63. The predicted octanol–water partition coefficient (Wildman–Crippen LogP) is 4.95. The molecule has 2 rings (SSSR count). The van der Waals surface area contributed by atoms with Crippen LogP contribution in [0.2, 0.25) is 10.0 Å². The monoisotopic (exact) mass is 308 g/mol. The summed E-state index contributed by atoms with van der Waals surface area (Å²) in [5.41, 5.74) is 1.86. The van der Waals surface area contributed by atoms with Gasteiger partial charge in [-0.15, -0.1) is 0 Å². The molecule has 2 aromatic rings. The van der Waals surface area contributed by atoms with Crippen molar-refractivity contribution in [2.45, 2.75) is 6.42 Å². The molecule has 0 unspecified atom stereocenters. The minimum absolute atomic E-state index is 0.0527. The third kappa shape index (κ3) is 6.41. The molecular weight excluding hydrogens is 295 g/mol. The van der Waals surface area contributed by atoms with Crippen LogP contribution in [-0.4, -0.2) is 11.1 Å². The summed E-state index contributed by atoms with van der Waals surface area (Å²) in [4.78, 5) is 10.2. The van der Waals surface area contributed by atoms with E-state index in [1.165, 1.54) is 0 Å². The van der Waals surface area contributed by atoms with E-state index in [9.17, 15) is 4.79 Å². The Morgan fingerprint density at radius 3 is 1.85 bits per heavy atom. The number of benzene rings is 2. The smallest absolute Gasteiger partial charge is 0.307 e. The molecule has 0 aliphatic carbocycles. The standard InChI is InChI=1S/C8H7ClO2.C8H7Cl/c9-7-3-1-6(2-4-7)5-8(10)11;1-2-7-3-5-8(9)6-4-7/h1-4H,5H2,(H,10,11);2-6H,1H2. The van der Waals surface area contributed by atoms with Crippen LogP contribution in [0.4, 0.5) is 0 Å². The Bertz CT molecular complexity index is 560. The Balaban J connectivity index is 0.000000204. The fraction of sp³-hybridized carbons (Fsp3) is 0.0625. The molecule has 0 radical (unpaired) electrons. The third-order valence-corrected chi connectivity index (χ3v) is 2.88. The Morgan fingerprint density at radius 1 is 1.00 bits per heavy atom. The summed E-state index contributed by atoms with van der Waals surface area (Å²) >= 11 is 11.2. The average molecular weight is 309 g/mol. The van der Waals surface area contributed by atoms with Crippen molar-refractivity contribution in [2.24, 2.45) is 0 Å². The van der Waals surface area contributed by atoms with E-state index in [2.05, 4.69) is 6.58 Å². The van der Waals surface area contributed by atoms with Crippen LogP contribution < -0.4 is 0 Å². The first kappa shape index (κ1) is 16.3. The molecule has 0 atom stereocenters. The molecule has 20 heavy (non-hydrogen) atoms. The van der Waals surface area contributed by atoms with Gasteiger partial charge < -0.3 is 5.11 Å². The molecule has 0 aliphatic rings. The molecular formula is C16H14Cl2O2. The van der Waals surface area contributed by atoms with Crippen LogP contribution >= 0.6 is 23.2 Å². The third-order valence-electron chi connectivity index (χ3n) is 2.37. The molecule has 2 aromatic carbocycles. The number of hydrogen-bond acceptors (Lipinski definition) is 1. The number of carboxylic acid groups (broad SMARTS) is 1. The van der Waals surface area contributed by atoms with Gasteiger partial charge in [-0.2, -0.15) is 0 Å². The van der Waals surface area contributed by atoms with Crippen molar-refractivity contribution < 1.29 is 9.90 Å². The summed E-state index contributed by atoms with van der Waals surface area (Å²) in [5.74, 6) is -0.827. The van der Waals surface area contributed by atoms with Crippen LogP contribution in [0.15, 0.2) is 55.1 Å². The molecule has 4 heteroatoms. The fourth-order valence-electron chi connectivity index (χ4n) is 1.38. The SMILES string of the molecule is C=Cc1ccc(Cl)cc1.O=C(O)Cc1ccc(Cl)cc1. The zero-order valence-corrected chi connectivity index (χ0v) is 12.2. The quantitative estimate of drug-likeness (QED) is 0.871. The van der Waals surface area contributed by atoms with E-state index in [4.69, 9.17) is 28.3 Å². The van der Waals surface area contributed by atoms with Gasteiger partial charge in [-0.3, -0.25) is 4.79 Å². The van der Waals surface area contributed by atoms with Gasteiger partial charge in [0, 0.05) is 10.0 Å². The van der Waals surface area contributed by atoms with E-state index >= 15 is 0 Å². The first-order chi connectivity index (χ1) is 9.51. The molecule has 104 valence electrons. The molecule has 0 bridgehead atoms. The molecule has 0 amide bonds. The van der Waals surface area contributed by atoms with Crippen LogP contribution in [0.3, 0.4) is 0 Å². The number of carboxylic acids is 1. The molecule has 0 saturated carbocycles. The van der Waals surface area contributed by atoms with Gasteiger partial charge in [-0.25, -0.2) is 0 Å². The van der Waals surface area contributed by atoms with E-state index in [0.717, 1.165) is 16.1 Å². The van der Waals surface area contributed by atoms with Gasteiger partial charge in [-0.05, 0) is 35.4 Å². The van der Waals surface area contributed by atoms with Crippen molar-refractivity contribution in [2.75, 3.05) is 0 Å². The topological polar surface area (TPSA) is 37.3 Å². The van der Waals surface area contributed by atoms with Gasteiger partial charge in [0.25, 0.3) is 0 Å². The van der Waals surface area contributed by atoms with Crippen molar-refractivity contribution >= 4 is 35.2 Å². The summed E-state index contributed by atoms with van der Waals surface area (Å²) < 4.78 is 0. The van der Waals surface area contributed by atoms with Crippen molar-refractivity contribution in [3.8, 4) is 0 Å². The van der Waals surface area contributed by atoms with Crippen molar-refractivity contribution in [1.82, 2.24) is 0 Å². The Labute approximate surface area is 128 Å². The maximum Gasteiger partial charge on any atom is 0.307 e. The Morgan fingerprint density at radius 2 is 1.45 bits per heavy atom. The average Bonchev–Trinajstić information content (AvgIpc) is 2.43. The number of aliphatic carboxylic acids is 1. The number of halogens is 2. The van der Waals surface area contributed by atoms with E-state index in [0.29, 0.717) is 5.02 Å². The molecule has 0 spiro atoms. The maximum atomic E-state index is 10.2. The summed E-state index contributed by atoms with van der Waals surface area (Å²) in [7, 11) is 0. The highest BCUT2D eigenvalue weighted by Crippen LogP contribution is 2.10. The van der Waals surface area contributed by atoms with Gasteiger partial charge in [0.15, 0.2) is 0 Å². The van der Waals surface area contributed by atoms with Crippen molar-refractivity contribution in [3.05, 3.63) is 76.3 Å². The van der Waals surface area contributed by atoms with E-state index < -0.39 is 5.97 Å². The van der Waals surface area contributed by atoms with Crippen LogP contribution in [-0.2, 0) is 11.2 Å². The Kier molecular flexibility index (Phi) is 6.85. The van der Waals surface area contributed by atoms with Crippen LogP contribution in [0.1, 0.15) is 11.1 Å². The second-order valence-electron chi connectivity index (χ2n) is 3.95.